The van der Waals surface area contributed by atoms with Crippen LogP contribution < -0.4 is 19.6 Å². The Morgan fingerprint density at radius 1 is 1.10 bits per heavy atom. The molecule has 1 aliphatic rings. The molecule has 1 aromatic heterocycles. The number of aryl methyl sites for hydroxylation is 1. The zero-order chi connectivity index (χ0) is 21.3. The fraction of sp³-hybridized carbons (Fsp3) is 0.304. The smallest absolute Gasteiger partial charge is 0.375 e. The quantitative estimate of drug-likeness (QED) is 0.559. The predicted molar refractivity (Wildman–Crippen MR) is 111 cm³/mol. The Morgan fingerprint density at radius 2 is 1.90 bits per heavy atom. The number of hydrogen-bond acceptors (Lipinski definition) is 7. The van der Waals surface area contributed by atoms with Crippen LogP contribution in [0.2, 0.25) is 0 Å². The summed E-state index contributed by atoms with van der Waals surface area (Å²) < 4.78 is 27.3. The summed E-state index contributed by atoms with van der Waals surface area (Å²) in [6.07, 6.45) is 1.64. The Balaban J connectivity index is 2.00. The second-order valence-corrected chi connectivity index (χ2v) is 6.83. The standard InChI is InChI=1S/C23H22O7/c1-4-6-13-9-15-18(11-17(13)26-3)30-22(23(25)27-5-2)20(21(15)24)14-7-8-16-19(10-14)29-12-28-16/h7-11H,4-6,12H2,1-3H3. The molecule has 0 fully saturated rings. The minimum absolute atomic E-state index is 0.107. The van der Waals surface area contributed by atoms with Gasteiger partial charge in [0.15, 0.2) is 11.5 Å². The molecule has 0 unspecified atom stereocenters. The van der Waals surface area contributed by atoms with Gasteiger partial charge in [0, 0.05) is 6.07 Å². The summed E-state index contributed by atoms with van der Waals surface area (Å²) >= 11 is 0. The van der Waals surface area contributed by atoms with Crippen molar-refractivity contribution < 1.29 is 28.2 Å². The van der Waals surface area contributed by atoms with Crippen molar-refractivity contribution >= 4 is 16.9 Å². The number of rotatable bonds is 6. The highest BCUT2D eigenvalue weighted by Gasteiger charge is 2.25. The molecule has 0 bridgehead atoms. The zero-order valence-corrected chi connectivity index (χ0v) is 17.1. The van der Waals surface area contributed by atoms with Crippen LogP contribution in [0.15, 0.2) is 39.5 Å². The second kappa shape index (κ2) is 8.10. The number of methoxy groups -OCH3 is 1. The summed E-state index contributed by atoms with van der Waals surface area (Å²) in [5.41, 5.74) is 1.47. The third-order valence-electron chi connectivity index (χ3n) is 4.93. The fourth-order valence-electron chi connectivity index (χ4n) is 3.58. The van der Waals surface area contributed by atoms with Crippen LogP contribution in [0.3, 0.4) is 0 Å². The van der Waals surface area contributed by atoms with Gasteiger partial charge in [-0.2, -0.15) is 0 Å². The van der Waals surface area contributed by atoms with Crippen LogP contribution in [-0.4, -0.2) is 26.5 Å². The average Bonchev–Trinajstić information content (AvgIpc) is 3.21. The molecule has 7 nitrogen and oxygen atoms in total. The maximum Gasteiger partial charge on any atom is 0.375 e. The first-order chi connectivity index (χ1) is 14.6. The van der Waals surface area contributed by atoms with Crippen LogP contribution >= 0.6 is 0 Å². The first kappa shape index (κ1) is 19.8. The molecule has 30 heavy (non-hydrogen) atoms. The van der Waals surface area contributed by atoms with Gasteiger partial charge in [-0.05, 0) is 42.7 Å². The third-order valence-corrected chi connectivity index (χ3v) is 4.93. The lowest BCUT2D eigenvalue weighted by molar-refractivity contribution is 0.0492. The Kier molecular flexibility index (Phi) is 5.35. The van der Waals surface area contributed by atoms with E-state index in [1.165, 1.54) is 0 Å². The van der Waals surface area contributed by atoms with E-state index in [4.69, 9.17) is 23.4 Å². The number of fused-ring (bicyclic) bond motifs is 2. The van der Waals surface area contributed by atoms with Gasteiger partial charge in [-0.1, -0.05) is 19.4 Å². The van der Waals surface area contributed by atoms with Crippen molar-refractivity contribution in [1.29, 1.82) is 0 Å². The largest absolute Gasteiger partial charge is 0.496 e. The maximum absolute atomic E-state index is 13.5. The van der Waals surface area contributed by atoms with Crippen molar-refractivity contribution in [3.8, 4) is 28.4 Å². The van der Waals surface area contributed by atoms with Gasteiger partial charge in [0.1, 0.15) is 11.3 Å². The molecule has 0 N–H and O–H groups in total. The maximum atomic E-state index is 13.5. The molecule has 0 atom stereocenters. The third kappa shape index (κ3) is 3.36. The van der Waals surface area contributed by atoms with E-state index in [2.05, 4.69) is 0 Å². The monoisotopic (exact) mass is 410 g/mol. The van der Waals surface area contributed by atoms with E-state index in [0.29, 0.717) is 28.2 Å². The Labute approximate surface area is 173 Å². The van der Waals surface area contributed by atoms with E-state index in [-0.39, 0.29) is 35.7 Å². The highest BCUT2D eigenvalue weighted by molar-refractivity contribution is 5.98. The summed E-state index contributed by atoms with van der Waals surface area (Å²) in [6, 6.07) is 8.49. The molecule has 0 amide bonds. The van der Waals surface area contributed by atoms with E-state index < -0.39 is 5.97 Å². The normalized spacial score (nSPS) is 12.2. The summed E-state index contributed by atoms with van der Waals surface area (Å²) in [6.45, 7) is 4.00. The minimum Gasteiger partial charge on any atom is -0.496 e. The van der Waals surface area contributed by atoms with Gasteiger partial charge >= 0.3 is 5.97 Å². The lowest BCUT2D eigenvalue weighted by Gasteiger charge is -2.13. The van der Waals surface area contributed by atoms with Crippen LogP contribution in [0.25, 0.3) is 22.1 Å². The Hall–Kier alpha value is -3.48. The van der Waals surface area contributed by atoms with Crippen LogP contribution in [0.4, 0.5) is 0 Å². The lowest BCUT2D eigenvalue weighted by atomic mass is 9.99. The second-order valence-electron chi connectivity index (χ2n) is 6.83. The molecule has 2 heterocycles. The van der Waals surface area contributed by atoms with Crippen molar-refractivity contribution in [2.24, 2.45) is 0 Å². The first-order valence-electron chi connectivity index (χ1n) is 9.82. The van der Waals surface area contributed by atoms with Crippen molar-refractivity contribution in [3.05, 3.63) is 51.9 Å². The number of ether oxygens (including phenoxy) is 4. The van der Waals surface area contributed by atoms with Crippen molar-refractivity contribution in [2.75, 3.05) is 20.5 Å². The first-order valence-corrected chi connectivity index (χ1v) is 9.82. The summed E-state index contributed by atoms with van der Waals surface area (Å²) in [5, 5.41) is 0.375. The topological polar surface area (TPSA) is 84.2 Å². The number of hydrogen-bond donors (Lipinski definition) is 0. The summed E-state index contributed by atoms with van der Waals surface area (Å²) in [5.74, 6) is 0.831. The molecule has 7 heteroatoms. The Bertz CT molecular complexity index is 1180. The van der Waals surface area contributed by atoms with Crippen LogP contribution in [0.1, 0.15) is 36.4 Å². The van der Waals surface area contributed by atoms with E-state index in [0.717, 1.165) is 18.4 Å². The van der Waals surface area contributed by atoms with Crippen molar-refractivity contribution in [2.45, 2.75) is 26.7 Å². The molecule has 0 saturated heterocycles. The van der Waals surface area contributed by atoms with Crippen LogP contribution in [0.5, 0.6) is 17.2 Å². The van der Waals surface area contributed by atoms with Gasteiger partial charge in [-0.3, -0.25) is 4.79 Å². The molecule has 0 radical (unpaired) electrons. The van der Waals surface area contributed by atoms with Crippen LogP contribution in [0, 0.1) is 0 Å². The van der Waals surface area contributed by atoms with Gasteiger partial charge in [-0.15, -0.1) is 0 Å². The highest BCUT2D eigenvalue weighted by Crippen LogP contribution is 2.37. The van der Waals surface area contributed by atoms with Crippen LogP contribution in [-0.2, 0) is 11.2 Å². The van der Waals surface area contributed by atoms with Crippen molar-refractivity contribution in [3.63, 3.8) is 0 Å². The number of carbonyl (C=O) groups is 1. The average molecular weight is 410 g/mol. The molecule has 4 rings (SSSR count). The van der Waals surface area contributed by atoms with E-state index in [9.17, 15) is 9.59 Å². The van der Waals surface area contributed by atoms with E-state index in [1.54, 1.807) is 44.4 Å². The van der Waals surface area contributed by atoms with Gasteiger partial charge in [0.2, 0.25) is 18.0 Å². The van der Waals surface area contributed by atoms with E-state index >= 15 is 0 Å². The molecule has 3 aromatic rings. The van der Waals surface area contributed by atoms with E-state index in [1.807, 2.05) is 6.92 Å². The van der Waals surface area contributed by atoms with Gasteiger partial charge in [-0.25, -0.2) is 4.79 Å². The minimum atomic E-state index is -0.708. The molecule has 1 aliphatic heterocycles. The number of benzene rings is 2. The fourth-order valence-corrected chi connectivity index (χ4v) is 3.58. The van der Waals surface area contributed by atoms with Crippen molar-refractivity contribution in [1.82, 2.24) is 0 Å². The van der Waals surface area contributed by atoms with Gasteiger partial charge < -0.3 is 23.4 Å². The number of esters is 1. The molecular weight excluding hydrogens is 388 g/mol. The van der Waals surface area contributed by atoms with Gasteiger partial charge in [0.25, 0.3) is 0 Å². The molecule has 0 spiro atoms. The lowest BCUT2D eigenvalue weighted by Crippen LogP contribution is -2.15. The molecule has 0 saturated carbocycles. The predicted octanol–water partition coefficient (Wildman–Crippen LogP) is 4.33. The molecular formula is C23H22O7. The molecule has 0 aliphatic carbocycles. The highest BCUT2D eigenvalue weighted by atomic mass is 16.7. The summed E-state index contributed by atoms with van der Waals surface area (Å²) in [7, 11) is 1.56. The molecule has 2 aromatic carbocycles. The SMILES string of the molecule is CCCc1cc2c(=O)c(-c3ccc4c(c3)OCO4)c(C(=O)OCC)oc2cc1OC. The zero-order valence-electron chi connectivity index (χ0n) is 17.1. The van der Waals surface area contributed by atoms with Gasteiger partial charge in [0.05, 0.1) is 24.7 Å². The summed E-state index contributed by atoms with van der Waals surface area (Å²) in [4.78, 5) is 26.2. The molecule has 156 valence electrons. The number of carbonyl (C=O) groups excluding carboxylic acids is 1. The Morgan fingerprint density at radius 3 is 2.63 bits per heavy atom.